The Morgan fingerprint density at radius 2 is 2.19 bits per heavy atom. The number of hydrogen-bond donors (Lipinski definition) is 2. The minimum Gasteiger partial charge on any atom is -0.389 e. The number of halogens is 2. The molecule has 2 aromatic rings. The largest absolute Gasteiger partial charge is 0.389 e. The molecule has 0 bridgehead atoms. The summed E-state index contributed by atoms with van der Waals surface area (Å²) in [6.45, 7) is 0. The SMILES string of the molecule is OC(CCl)C(O)c1cnn2ccc(Cl)nc12. The second-order valence-electron chi connectivity index (χ2n) is 3.28. The standard InChI is InChI=1S/C9H9Cl2N3O2/c10-3-6(15)8(16)5-4-12-14-2-1-7(11)13-9(5)14/h1-2,4,6,8,15-16H,3H2. The highest BCUT2D eigenvalue weighted by molar-refractivity contribution is 6.29. The molecule has 2 N–H and O–H groups in total. The zero-order valence-corrected chi connectivity index (χ0v) is 9.60. The Balaban J connectivity index is 2.48. The van der Waals surface area contributed by atoms with Crippen LogP contribution in [0.15, 0.2) is 18.5 Å². The van der Waals surface area contributed by atoms with Gasteiger partial charge in [0, 0.05) is 11.8 Å². The topological polar surface area (TPSA) is 70.7 Å². The van der Waals surface area contributed by atoms with Crippen molar-refractivity contribution in [2.24, 2.45) is 0 Å². The van der Waals surface area contributed by atoms with E-state index in [1.807, 2.05) is 0 Å². The zero-order chi connectivity index (χ0) is 11.7. The molecule has 0 aliphatic heterocycles. The molecule has 0 aromatic carbocycles. The lowest BCUT2D eigenvalue weighted by molar-refractivity contribution is 0.0335. The van der Waals surface area contributed by atoms with Crippen LogP contribution < -0.4 is 0 Å². The zero-order valence-electron chi connectivity index (χ0n) is 8.09. The molecule has 0 aliphatic carbocycles. The van der Waals surface area contributed by atoms with Crippen LogP contribution >= 0.6 is 23.2 Å². The first-order chi connectivity index (χ1) is 7.63. The molecule has 2 atom stereocenters. The van der Waals surface area contributed by atoms with Crippen LogP contribution in [-0.4, -0.2) is 36.8 Å². The Morgan fingerprint density at radius 1 is 1.44 bits per heavy atom. The summed E-state index contributed by atoms with van der Waals surface area (Å²) in [4.78, 5) is 4.03. The van der Waals surface area contributed by atoms with E-state index in [2.05, 4.69) is 10.1 Å². The van der Waals surface area contributed by atoms with Crippen LogP contribution in [0.5, 0.6) is 0 Å². The van der Waals surface area contributed by atoms with E-state index in [-0.39, 0.29) is 5.88 Å². The summed E-state index contributed by atoms with van der Waals surface area (Å²) in [7, 11) is 0. The molecule has 0 aliphatic rings. The van der Waals surface area contributed by atoms with E-state index >= 15 is 0 Å². The lowest BCUT2D eigenvalue weighted by Crippen LogP contribution is -2.19. The van der Waals surface area contributed by atoms with E-state index in [1.54, 1.807) is 12.3 Å². The molecule has 2 heterocycles. The van der Waals surface area contributed by atoms with Gasteiger partial charge in [-0.05, 0) is 6.07 Å². The maximum Gasteiger partial charge on any atom is 0.162 e. The van der Waals surface area contributed by atoms with E-state index in [0.29, 0.717) is 16.4 Å². The van der Waals surface area contributed by atoms with Gasteiger partial charge in [0.2, 0.25) is 0 Å². The second kappa shape index (κ2) is 4.55. The molecule has 5 nitrogen and oxygen atoms in total. The number of rotatable bonds is 3. The van der Waals surface area contributed by atoms with Gasteiger partial charge < -0.3 is 10.2 Å². The van der Waals surface area contributed by atoms with Gasteiger partial charge in [0.25, 0.3) is 0 Å². The fourth-order valence-electron chi connectivity index (χ4n) is 1.36. The number of fused-ring (bicyclic) bond motifs is 1. The highest BCUT2D eigenvalue weighted by atomic mass is 35.5. The number of nitrogens with zero attached hydrogens (tertiary/aromatic N) is 3. The average Bonchev–Trinajstić information content (AvgIpc) is 2.69. The van der Waals surface area contributed by atoms with Crippen LogP contribution in [0.4, 0.5) is 0 Å². The van der Waals surface area contributed by atoms with E-state index in [1.165, 1.54) is 10.7 Å². The minimum absolute atomic E-state index is 0.0704. The van der Waals surface area contributed by atoms with Gasteiger partial charge in [-0.2, -0.15) is 5.10 Å². The Labute approximate surface area is 101 Å². The predicted molar refractivity (Wildman–Crippen MR) is 59.7 cm³/mol. The third-order valence-electron chi connectivity index (χ3n) is 2.20. The average molecular weight is 262 g/mol. The molecule has 2 rings (SSSR count). The maximum atomic E-state index is 9.80. The molecule has 0 radical (unpaired) electrons. The normalized spacial score (nSPS) is 15.2. The summed E-state index contributed by atoms with van der Waals surface area (Å²) in [5.41, 5.74) is 0.805. The molecule has 0 fully saturated rings. The fourth-order valence-corrected chi connectivity index (χ4v) is 1.67. The van der Waals surface area contributed by atoms with Gasteiger partial charge in [0.05, 0.1) is 18.2 Å². The van der Waals surface area contributed by atoms with Crippen LogP contribution in [0.2, 0.25) is 5.15 Å². The van der Waals surface area contributed by atoms with Gasteiger partial charge in [-0.25, -0.2) is 9.50 Å². The van der Waals surface area contributed by atoms with Gasteiger partial charge >= 0.3 is 0 Å². The summed E-state index contributed by atoms with van der Waals surface area (Å²) in [5.74, 6) is -0.0704. The monoisotopic (exact) mass is 261 g/mol. The van der Waals surface area contributed by atoms with E-state index in [9.17, 15) is 10.2 Å². The number of aromatic nitrogens is 3. The first-order valence-corrected chi connectivity index (χ1v) is 5.46. The molecule has 2 unspecified atom stereocenters. The summed E-state index contributed by atoms with van der Waals surface area (Å²) in [6, 6.07) is 1.58. The van der Waals surface area contributed by atoms with Crippen molar-refractivity contribution in [3.8, 4) is 0 Å². The predicted octanol–water partition coefficient (Wildman–Crippen LogP) is 1.02. The number of aliphatic hydroxyl groups excluding tert-OH is 2. The highest BCUT2D eigenvalue weighted by Crippen LogP contribution is 2.22. The first-order valence-electron chi connectivity index (χ1n) is 4.55. The Hall–Kier alpha value is -0.880. The molecule has 0 amide bonds. The summed E-state index contributed by atoms with van der Waals surface area (Å²) in [6.07, 6.45) is 0.865. The van der Waals surface area contributed by atoms with Crippen molar-refractivity contribution in [3.05, 3.63) is 29.2 Å². The lowest BCUT2D eigenvalue weighted by Gasteiger charge is -2.13. The molecule has 7 heteroatoms. The van der Waals surface area contributed by atoms with E-state index < -0.39 is 12.2 Å². The van der Waals surface area contributed by atoms with Gasteiger partial charge in [0.1, 0.15) is 11.3 Å². The molecule has 16 heavy (non-hydrogen) atoms. The minimum atomic E-state index is -1.12. The third-order valence-corrected chi connectivity index (χ3v) is 2.73. The number of aliphatic hydroxyl groups is 2. The van der Waals surface area contributed by atoms with Gasteiger partial charge in [-0.1, -0.05) is 11.6 Å². The van der Waals surface area contributed by atoms with Crippen molar-refractivity contribution >= 4 is 28.8 Å². The quantitative estimate of drug-likeness (QED) is 0.639. The molecule has 2 aromatic heterocycles. The van der Waals surface area contributed by atoms with Crippen molar-refractivity contribution in [3.63, 3.8) is 0 Å². The van der Waals surface area contributed by atoms with Crippen molar-refractivity contribution in [2.45, 2.75) is 12.2 Å². The number of hydrogen-bond acceptors (Lipinski definition) is 4. The highest BCUT2D eigenvalue weighted by Gasteiger charge is 2.22. The third kappa shape index (κ3) is 1.99. The Morgan fingerprint density at radius 3 is 2.88 bits per heavy atom. The second-order valence-corrected chi connectivity index (χ2v) is 3.98. The van der Waals surface area contributed by atoms with Crippen LogP contribution in [0, 0.1) is 0 Å². The molecular formula is C9H9Cl2N3O2. The van der Waals surface area contributed by atoms with Crippen LogP contribution in [0.25, 0.3) is 5.65 Å². The van der Waals surface area contributed by atoms with E-state index in [4.69, 9.17) is 23.2 Å². The smallest absolute Gasteiger partial charge is 0.162 e. The van der Waals surface area contributed by atoms with Gasteiger partial charge in [0.15, 0.2) is 5.65 Å². The summed E-state index contributed by atoms with van der Waals surface area (Å²) >= 11 is 11.2. The van der Waals surface area contributed by atoms with Crippen molar-refractivity contribution < 1.29 is 10.2 Å². The van der Waals surface area contributed by atoms with Crippen molar-refractivity contribution in [1.82, 2.24) is 14.6 Å². The Kier molecular flexibility index (Phi) is 3.30. The maximum absolute atomic E-state index is 9.80. The molecule has 86 valence electrons. The summed E-state index contributed by atoms with van der Waals surface area (Å²) < 4.78 is 1.46. The first kappa shape index (κ1) is 11.6. The van der Waals surface area contributed by atoms with E-state index in [0.717, 1.165) is 0 Å². The van der Waals surface area contributed by atoms with Crippen LogP contribution in [0.3, 0.4) is 0 Å². The fraction of sp³-hybridized carbons (Fsp3) is 0.333. The van der Waals surface area contributed by atoms with Gasteiger partial charge in [-0.3, -0.25) is 0 Å². The van der Waals surface area contributed by atoms with Crippen molar-refractivity contribution in [1.29, 1.82) is 0 Å². The van der Waals surface area contributed by atoms with Gasteiger partial charge in [-0.15, -0.1) is 11.6 Å². The number of alkyl halides is 1. The van der Waals surface area contributed by atoms with Crippen LogP contribution in [-0.2, 0) is 0 Å². The summed E-state index contributed by atoms with van der Waals surface area (Å²) in [5, 5.41) is 23.5. The van der Waals surface area contributed by atoms with Crippen LogP contribution in [0.1, 0.15) is 11.7 Å². The molecule has 0 spiro atoms. The molecule has 0 saturated carbocycles. The Bertz CT molecular complexity index is 502. The lowest BCUT2D eigenvalue weighted by atomic mass is 10.1. The molecular weight excluding hydrogens is 253 g/mol. The molecule has 0 saturated heterocycles. The van der Waals surface area contributed by atoms with Crippen molar-refractivity contribution in [2.75, 3.05) is 5.88 Å².